The van der Waals surface area contributed by atoms with Crippen LogP contribution in [0.4, 0.5) is 18.9 Å². The molecule has 1 atom stereocenters. The van der Waals surface area contributed by atoms with E-state index in [1.54, 1.807) is 24.3 Å². The molecule has 0 aliphatic carbocycles. The number of rotatable bonds is 8. The van der Waals surface area contributed by atoms with Gasteiger partial charge in [0.15, 0.2) is 0 Å². The minimum atomic E-state index is -4.73. The Morgan fingerprint density at radius 1 is 1.13 bits per heavy atom. The topological polar surface area (TPSA) is 83.9 Å². The summed E-state index contributed by atoms with van der Waals surface area (Å²) in [7, 11) is -4.48. The van der Waals surface area contributed by atoms with Crippen LogP contribution in [0.15, 0.2) is 71.6 Å². The Morgan fingerprint density at radius 3 is 2.54 bits per heavy atom. The molecule has 6 nitrogen and oxygen atoms in total. The summed E-state index contributed by atoms with van der Waals surface area (Å²) in [5.74, 6) is -0.899. The van der Waals surface area contributed by atoms with Gasteiger partial charge in [-0.05, 0) is 65.9 Å². The molecule has 4 rings (SSSR count). The van der Waals surface area contributed by atoms with Crippen LogP contribution in [0.25, 0.3) is 11.6 Å². The number of hydrogen-bond acceptors (Lipinski definition) is 4. The van der Waals surface area contributed by atoms with Gasteiger partial charge in [0.25, 0.3) is 10.0 Å². The number of fused-ring (bicyclic) bond motifs is 1. The molecule has 0 bridgehead atoms. The summed E-state index contributed by atoms with van der Waals surface area (Å²) < 4.78 is 74.4. The third-order valence-electron chi connectivity index (χ3n) is 6.29. The lowest BCUT2D eigenvalue weighted by Gasteiger charge is -2.35. The molecule has 0 amide bonds. The van der Waals surface area contributed by atoms with Gasteiger partial charge in [0.1, 0.15) is 11.9 Å². The quantitative estimate of drug-likeness (QED) is 0.287. The minimum Gasteiger partial charge on any atom is -0.486 e. The lowest BCUT2D eigenvalue weighted by molar-refractivity contribution is -0.138. The number of aliphatic carboxylic acids is 1. The average molecular weight is 580 g/mol. The molecule has 1 N–H and O–H groups in total. The maximum atomic E-state index is 13.7. The Morgan fingerprint density at radius 2 is 1.87 bits per heavy atom. The van der Waals surface area contributed by atoms with Gasteiger partial charge in [-0.1, -0.05) is 54.9 Å². The van der Waals surface area contributed by atoms with Crippen LogP contribution in [-0.4, -0.2) is 32.1 Å². The fraction of sp³-hybridized carbons (Fsp3) is 0.250. The van der Waals surface area contributed by atoms with Gasteiger partial charge in [0, 0.05) is 11.4 Å². The molecular weight excluding hydrogens is 555 g/mol. The first-order valence-electron chi connectivity index (χ1n) is 12.1. The smallest absolute Gasteiger partial charge is 0.416 e. The number of hydrogen-bond donors (Lipinski definition) is 1. The normalized spacial score (nSPS) is 16.0. The maximum absolute atomic E-state index is 13.7. The zero-order valence-electron chi connectivity index (χ0n) is 20.8. The SMILES string of the molecule is CC/C(=C\c1ccc2c(c1)N(S(=O)(=O)c1cccc(C(F)(F)F)c1)C[C@H](CCC(=O)O)O2)c1ccccc1Cl. The van der Waals surface area contributed by atoms with E-state index in [2.05, 4.69) is 0 Å². The monoisotopic (exact) mass is 579 g/mol. The van der Waals surface area contributed by atoms with Crippen molar-refractivity contribution in [3.63, 3.8) is 0 Å². The number of halogens is 4. The standard InChI is InChI=1S/C28H25ClF3NO5S/c1-2-19(23-8-3-4-9-24(23)29)14-18-10-12-26-25(15-18)33(17-21(38-26)11-13-27(34)35)39(36,37)22-7-5-6-20(16-22)28(30,31)32/h3-10,12,14-16,21H,2,11,13,17H2,1H3,(H,34,35)/b19-14+/t21-/m0/s1. The van der Waals surface area contributed by atoms with E-state index in [0.717, 1.165) is 33.6 Å². The second kappa shape index (κ2) is 11.3. The Bertz CT molecular complexity index is 1520. The Hall–Kier alpha value is -3.50. The molecular formula is C28H25ClF3NO5S. The number of benzene rings is 3. The fourth-order valence-electron chi connectivity index (χ4n) is 4.33. The van der Waals surface area contributed by atoms with Crippen LogP contribution in [0.2, 0.25) is 5.02 Å². The van der Waals surface area contributed by atoms with Crippen molar-refractivity contribution in [3.05, 3.63) is 88.4 Å². The second-order valence-electron chi connectivity index (χ2n) is 8.96. The van der Waals surface area contributed by atoms with Crippen molar-refractivity contribution in [3.8, 4) is 5.75 Å². The zero-order chi connectivity index (χ0) is 28.4. The lowest BCUT2D eigenvalue weighted by atomic mass is 10.00. The summed E-state index contributed by atoms with van der Waals surface area (Å²) in [6.07, 6.45) is -3.32. The van der Waals surface area contributed by atoms with Crippen molar-refractivity contribution in [2.24, 2.45) is 0 Å². The highest BCUT2D eigenvalue weighted by molar-refractivity contribution is 7.92. The van der Waals surface area contributed by atoms with Crippen LogP contribution in [0.3, 0.4) is 0 Å². The fourth-order valence-corrected chi connectivity index (χ4v) is 6.14. The van der Waals surface area contributed by atoms with Crippen molar-refractivity contribution in [2.45, 2.75) is 43.4 Å². The third kappa shape index (κ3) is 6.39. The molecule has 3 aromatic rings. The molecule has 11 heteroatoms. The number of ether oxygens (including phenoxy) is 1. The Balaban J connectivity index is 1.81. The molecule has 39 heavy (non-hydrogen) atoms. The summed E-state index contributed by atoms with van der Waals surface area (Å²) in [5, 5.41) is 9.65. The first kappa shape index (κ1) is 28.5. The predicted molar refractivity (Wildman–Crippen MR) is 143 cm³/mol. The highest BCUT2D eigenvalue weighted by atomic mass is 35.5. The summed E-state index contributed by atoms with van der Waals surface area (Å²) in [4.78, 5) is 10.6. The molecule has 0 spiro atoms. The molecule has 0 unspecified atom stereocenters. The number of sulfonamides is 1. The van der Waals surface area contributed by atoms with Crippen molar-refractivity contribution in [2.75, 3.05) is 10.8 Å². The number of alkyl halides is 3. The van der Waals surface area contributed by atoms with Crippen LogP contribution in [-0.2, 0) is 21.0 Å². The molecule has 0 fully saturated rings. The van der Waals surface area contributed by atoms with E-state index < -0.39 is 38.7 Å². The van der Waals surface area contributed by atoms with E-state index >= 15 is 0 Å². The Kier molecular flexibility index (Phi) is 8.27. The number of anilines is 1. The molecule has 1 aliphatic heterocycles. The summed E-state index contributed by atoms with van der Waals surface area (Å²) >= 11 is 6.37. The van der Waals surface area contributed by atoms with Crippen molar-refractivity contribution in [1.29, 1.82) is 0 Å². The summed E-state index contributed by atoms with van der Waals surface area (Å²) in [6, 6.07) is 15.7. The largest absolute Gasteiger partial charge is 0.486 e. The van der Waals surface area contributed by atoms with Gasteiger partial charge < -0.3 is 9.84 Å². The van der Waals surface area contributed by atoms with Gasteiger partial charge in [-0.3, -0.25) is 9.10 Å². The molecule has 0 radical (unpaired) electrons. The minimum absolute atomic E-state index is 0.0114. The van der Waals surface area contributed by atoms with E-state index in [-0.39, 0.29) is 30.8 Å². The van der Waals surface area contributed by atoms with E-state index in [9.17, 15) is 26.4 Å². The van der Waals surface area contributed by atoms with Gasteiger partial charge in [-0.25, -0.2) is 8.42 Å². The van der Waals surface area contributed by atoms with E-state index in [1.165, 1.54) is 0 Å². The zero-order valence-corrected chi connectivity index (χ0v) is 22.4. The first-order valence-corrected chi connectivity index (χ1v) is 13.9. The Labute approximate surface area is 229 Å². The average Bonchev–Trinajstić information content (AvgIpc) is 2.90. The van der Waals surface area contributed by atoms with Gasteiger partial charge in [-0.15, -0.1) is 0 Å². The van der Waals surface area contributed by atoms with Crippen molar-refractivity contribution < 1.29 is 36.2 Å². The summed E-state index contributed by atoms with van der Waals surface area (Å²) in [5.41, 5.74) is 1.38. The van der Waals surface area contributed by atoms with Gasteiger partial charge in [0.05, 0.1) is 22.7 Å². The van der Waals surface area contributed by atoms with Gasteiger partial charge in [0.2, 0.25) is 0 Å². The van der Waals surface area contributed by atoms with Crippen LogP contribution in [0.1, 0.15) is 42.9 Å². The van der Waals surface area contributed by atoms with Crippen LogP contribution in [0.5, 0.6) is 5.75 Å². The van der Waals surface area contributed by atoms with Gasteiger partial charge in [-0.2, -0.15) is 13.2 Å². The molecule has 0 saturated carbocycles. The number of carboxylic acids is 1. The highest BCUT2D eigenvalue weighted by Crippen LogP contribution is 2.40. The first-order chi connectivity index (χ1) is 18.4. The third-order valence-corrected chi connectivity index (χ3v) is 8.39. The number of carbonyl (C=O) groups is 1. The molecule has 3 aromatic carbocycles. The van der Waals surface area contributed by atoms with E-state index in [0.29, 0.717) is 23.1 Å². The molecule has 206 valence electrons. The second-order valence-corrected chi connectivity index (χ2v) is 11.2. The van der Waals surface area contributed by atoms with Crippen LogP contribution >= 0.6 is 11.6 Å². The maximum Gasteiger partial charge on any atom is 0.416 e. The van der Waals surface area contributed by atoms with Crippen molar-refractivity contribution >= 4 is 44.9 Å². The van der Waals surface area contributed by atoms with Crippen LogP contribution in [0, 0.1) is 0 Å². The molecule has 0 aromatic heterocycles. The number of nitrogens with zero attached hydrogens (tertiary/aromatic N) is 1. The van der Waals surface area contributed by atoms with Gasteiger partial charge >= 0.3 is 12.1 Å². The molecule has 1 heterocycles. The number of allylic oxidation sites excluding steroid dienone is 1. The lowest BCUT2D eigenvalue weighted by Crippen LogP contribution is -2.43. The van der Waals surface area contributed by atoms with E-state index in [1.807, 2.05) is 31.2 Å². The predicted octanol–water partition coefficient (Wildman–Crippen LogP) is 7.13. The molecule has 1 aliphatic rings. The van der Waals surface area contributed by atoms with Crippen molar-refractivity contribution in [1.82, 2.24) is 0 Å². The van der Waals surface area contributed by atoms with Crippen LogP contribution < -0.4 is 9.04 Å². The number of carboxylic acid groups (broad SMARTS) is 1. The van der Waals surface area contributed by atoms with E-state index in [4.69, 9.17) is 21.4 Å². The molecule has 0 saturated heterocycles. The summed E-state index contributed by atoms with van der Waals surface area (Å²) in [6.45, 7) is 1.69. The highest BCUT2D eigenvalue weighted by Gasteiger charge is 2.37.